The minimum absolute atomic E-state index is 0.846. The summed E-state index contributed by atoms with van der Waals surface area (Å²) in [5.41, 5.74) is 0.997. The molecule has 1 saturated heterocycles. The maximum Gasteiger partial charge on any atom is 0.128 e. The van der Waals surface area contributed by atoms with E-state index in [2.05, 4.69) is 20.0 Å². The molecule has 0 aliphatic carbocycles. The molecule has 0 radical (unpaired) electrons. The summed E-state index contributed by atoms with van der Waals surface area (Å²) < 4.78 is 5.33. The lowest BCUT2D eigenvalue weighted by Gasteiger charge is -2.33. The van der Waals surface area contributed by atoms with Gasteiger partial charge >= 0.3 is 0 Å². The van der Waals surface area contributed by atoms with Crippen molar-refractivity contribution in [3.8, 4) is 5.75 Å². The molecule has 0 unspecified atom stereocenters. The van der Waals surface area contributed by atoms with Crippen LogP contribution in [0.5, 0.6) is 5.75 Å². The van der Waals surface area contributed by atoms with Gasteiger partial charge in [0, 0.05) is 24.8 Å². The molecule has 114 valence electrons. The van der Waals surface area contributed by atoms with Gasteiger partial charge in [-0.15, -0.1) is 0 Å². The number of rotatable bonds is 4. The van der Waals surface area contributed by atoms with E-state index in [-0.39, 0.29) is 0 Å². The van der Waals surface area contributed by atoms with Crippen molar-refractivity contribution in [2.24, 2.45) is 5.10 Å². The summed E-state index contributed by atoms with van der Waals surface area (Å²) in [6.07, 6.45) is 3.71. The molecule has 1 fully saturated rings. The Morgan fingerprint density at radius 1 is 1.05 bits per heavy atom. The Labute approximate surface area is 130 Å². The highest BCUT2D eigenvalue weighted by Crippen LogP contribution is 2.16. The molecule has 5 heteroatoms. The average molecular weight is 296 g/mol. The van der Waals surface area contributed by atoms with Gasteiger partial charge in [-0.2, -0.15) is 5.10 Å². The van der Waals surface area contributed by atoms with Crippen molar-refractivity contribution in [1.29, 1.82) is 0 Å². The number of para-hydroxylation sites is 1. The monoisotopic (exact) mass is 296 g/mol. The van der Waals surface area contributed by atoms with Crippen LogP contribution in [-0.4, -0.2) is 49.5 Å². The van der Waals surface area contributed by atoms with Crippen LogP contribution in [0, 0.1) is 0 Å². The van der Waals surface area contributed by atoms with Crippen LogP contribution >= 0.6 is 0 Å². The fraction of sp³-hybridized carbons (Fsp3) is 0.294. The minimum atomic E-state index is 0.846. The summed E-state index contributed by atoms with van der Waals surface area (Å²) in [5, 5.41) is 6.66. The number of hydrazone groups is 1. The zero-order chi connectivity index (χ0) is 15.2. The summed E-state index contributed by atoms with van der Waals surface area (Å²) >= 11 is 0. The minimum Gasteiger partial charge on any atom is -0.496 e. The van der Waals surface area contributed by atoms with Crippen LogP contribution in [0.25, 0.3) is 0 Å². The molecule has 0 N–H and O–H groups in total. The van der Waals surface area contributed by atoms with E-state index in [0.717, 1.165) is 43.3 Å². The van der Waals surface area contributed by atoms with Crippen LogP contribution in [0.3, 0.4) is 0 Å². The molecule has 1 aliphatic heterocycles. The number of anilines is 1. The van der Waals surface area contributed by atoms with Crippen LogP contribution in [0.4, 0.5) is 5.82 Å². The summed E-state index contributed by atoms with van der Waals surface area (Å²) in [5.74, 6) is 1.88. The summed E-state index contributed by atoms with van der Waals surface area (Å²) in [6, 6.07) is 13.9. The molecule has 2 heterocycles. The summed E-state index contributed by atoms with van der Waals surface area (Å²) in [7, 11) is 1.68. The lowest BCUT2D eigenvalue weighted by Crippen LogP contribution is -2.44. The summed E-state index contributed by atoms with van der Waals surface area (Å²) in [6.45, 7) is 3.64. The normalized spacial score (nSPS) is 15.3. The largest absolute Gasteiger partial charge is 0.496 e. The lowest BCUT2D eigenvalue weighted by atomic mass is 10.2. The second-order valence-electron chi connectivity index (χ2n) is 5.12. The molecule has 3 rings (SSSR count). The van der Waals surface area contributed by atoms with Crippen LogP contribution < -0.4 is 9.64 Å². The molecule has 1 aliphatic rings. The van der Waals surface area contributed by atoms with Gasteiger partial charge in [0.05, 0.1) is 26.4 Å². The maximum absolute atomic E-state index is 5.33. The topological polar surface area (TPSA) is 41.0 Å². The Hall–Kier alpha value is -2.56. The van der Waals surface area contributed by atoms with Crippen molar-refractivity contribution in [3.63, 3.8) is 0 Å². The zero-order valence-electron chi connectivity index (χ0n) is 12.7. The smallest absolute Gasteiger partial charge is 0.128 e. The highest BCUT2D eigenvalue weighted by molar-refractivity contribution is 5.83. The first-order chi connectivity index (χ1) is 10.9. The van der Waals surface area contributed by atoms with Gasteiger partial charge in [-0.3, -0.25) is 5.01 Å². The van der Waals surface area contributed by atoms with E-state index in [4.69, 9.17) is 4.74 Å². The van der Waals surface area contributed by atoms with Crippen molar-refractivity contribution < 1.29 is 4.74 Å². The molecule has 22 heavy (non-hydrogen) atoms. The second kappa shape index (κ2) is 6.93. The van der Waals surface area contributed by atoms with E-state index in [1.165, 1.54) is 0 Å². The Morgan fingerprint density at radius 2 is 1.82 bits per heavy atom. The van der Waals surface area contributed by atoms with Crippen LogP contribution in [-0.2, 0) is 0 Å². The number of hydrogen-bond donors (Lipinski definition) is 0. The van der Waals surface area contributed by atoms with Gasteiger partial charge in [0.15, 0.2) is 0 Å². The molecule has 0 bridgehead atoms. The quantitative estimate of drug-likeness (QED) is 0.812. The number of nitrogens with zero attached hydrogens (tertiary/aromatic N) is 4. The summed E-state index contributed by atoms with van der Waals surface area (Å²) in [4.78, 5) is 6.68. The van der Waals surface area contributed by atoms with Gasteiger partial charge in [-0.25, -0.2) is 4.98 Å². The second-order valence-corrected chi connectivity index (χ2v) is 5.12. The molecule has 2 aromatic rings. The number of pyridine rings is 1. The van der Waals surface area contributed by atoms with Gasteiger partial charge in [-0.1, -0.05) is 18.2 Å². The molecular formula is C17H20N4O. The first kappa shape index (κ1) is 14.4. The van der Waals surface area contributed by atoms with Gasteiger partial charge in [0.25, 0.3) is 0 Å². The van der Waals surface area contributed by atoms with Crippen molar-refractivity contribution in [3.05, 3.63) is 54.2 Å². The standard InChI is InChI=1S/C17H20N4O/c1-22-16-7-3-2-6-15(16)14-19-21-12-10-20(11-13-21)17-8-4-5-9-18-17/h2-9,14H,10-13H2,1H3/b19-14-. The fourth-order valence-corrected chi connectivity index (χ4v) is 2.50. The highest BCUT2D eigenvalue weighted by atomic mass is 16.5. The Bertz CT molecular complexity index is 622. The third-order valence-electron chi connectivity index (χ3n) is 3.73. The third-order valence-corrected chi connectivity index (χ3v) is 3.73. The van der Waals surface area contributed by atoms with Crippen LogP contribution in [0.2, 0.25) is 0 Å². The molecule has 5 nitrogen and oxygen atoms in total. The molecule has 0 saturated carbocycles. The predicted octanol–water partition coefficient (Wildman–Crippen LogP) is 2.25. The van der Waals surface area contributed by atoms with Gasteiger partial charge in [-0.05, 0) is 24.3 Å². The number of piperazine rings is 1. The number of hydrogen-bond acceptors (Lipinski definition) is 5. The average Bonchev–Trinajstić information content (AvgIpc) is 2.61. The van der Waals surface area contributed by atoms with Crippen LogP contribution in [0.15, 0.2) is 53.8 Å². The number of ether oxygens (including phenoxy) is 1. The molecule has 0 spiro atoms. The predicted molar refractivity (Wildman–Crippen MR) is 88.6 cm³/mol. The van der Waals surface area contributed by atoms with Crippen molar-refractivity contribution in [2.45, 2.75) is 0 Å². The van der Waals surface area contributed by atoms with E-state index in [1.54, 1.807) is 7.11 Å². The maximum atomic E-state index is 5.33. The third kappa shape index (κ3) is 3.36. The highest BCUT2D eigenvalue weighted by Gasteiger charge is 2.16. The van der Waals surface area contributed by atoms with Crippen molar-refractivity contribution >= 4 is 12.0 Å². The lowest BCUT2D eigenvalue weighted by molar-refractivity contribution is 0.271. The van der Waals surface area contributed by atoms with Crippen molar-refractivity contribution in [2.75, 3.05) is 38.2 Å². The first-order valence-corrected chi connectivity index (χ1v) is 7.45. The Kier molecular flexibility index (Phi) is 4.53. The van der Waals surface area contributed by atoms with Crippen LogP contribution in [0.1, 0.15) is 5.56 Å². The van der Waals surface area contributed by atoms with Gasteiger partial charge in [0.2, 0.25) is 0 Å². The Balaban J connectivity index is 1.59. The Morgan fingerprint density at radius 3 is 2.55 bits per heavy atom. The zero-order valence-corrected chi connectivity index (χ0v) is 12.7. The van der Waals surface area contributed by atoms with E-state index >= 15 is 0 Å². The first-order valence-electron chi connectivity index (χ1n) is 7.45. The van der Waals surface area contributed by atoms with Gasteiger partial charge in [0.1, 0.15) is 11.6 Å². The van der Waals surface area contributed by atoms with E-state index in [1.807, 2.05) is 54.9 Å². The fourth-order valence-electron chi connectivity index (χ4n) is 2.50. The number of methoxy groups -OCH3 is 1. The number of aromatic nitrogens is 1. The van der Waals surface area contributed by atoms with Gasteiger partial charge < -0.3 is 9.64 Å². The number of benzene rings is 1. The molecule has 0 amide bonds. The molecular weight excluding hydrogens is 276 g/mol. The molecule has 0 atom stereocenters. The SMILES string of the molecule is COc1ccccc1/C=N\N1CCN(c2ccccn2)CC1. The van der Waals surface area contributed by atoms with E-state index < -0.39 is 0 Å². The molecule has 1 aromatic heterocycles. The van der Waals surface area contributed by atoms with Crippen molar-refractivity contribution in [1.82, 2.24) is 9.99 Å². The molecule has 1 aromatic carbocycles. The van der Waals surface area contributed by atoms with E-state index in [9.17, 15) is 0 Å². The van der Waals surface area contributed by atoms with E-state index in [0.29, 0.717) is 0 Å².